The van der Waals surface area contributed by atoms with Gasteiger partial charge in [0.05, 0.1) is 25.0 Å². The van der Waals surface area contributed by atoms with Crippen LogP contribution in [-0.2, 0) is 19.1 Å². The molecule has 4 unspecified atom stereocenters. The quantitative estimate of drug-likeness (QED) is 0.719. The van der Waals surface area contributed by atoms with E-state index in [9.17, 15) is 9.59 Å². The molecule has 0 aromatic carbocycles. The number of carbonyl (C=O) groups excluding carboxylic acids is 2. The summed E-state index contributed by atoms with van der Waals surface area (Å²) in [6.45, 7) is 0. The van der Waals surface area contributed by atoms with E-state index in [4.69, 9.17) is 9.47 Å². The van der Waals surface area contributed by atoms with Crippen molar-refractivity contribution in [3.63, 3.8) is 0 Å². The molecule has 6 fully saturated rings. The van der Waals surface area contributed by atoms with Crippen LogP contribution < -0.4 is 0 Å². The van der Waals surface area contributed by atoms with Crippen LogP contribution in [0.3, 0.4) is 0 Å². The van der Waals surface area contributed by atoms with Crippen molar-refractivity contribution < 1.29 is 19.1 Å². The average Bonchev–Trinajstić information content (AvgIpc) is 3.23. The first-order valence-corrected chi connectivity index (χ1v) is 7.84. The Morgan fingerprint density at radius 1 is 0.750 bits per heavy atom. The number of ether oxygens (including phenoxy) is 2. The lowest BCUT2D eigenvalue weighted by atomic mass is 9.50. The Kier molecular flexibility index (Phi) is 1.78. The smallest absolute Gasteiger partial charge is 0.313 e. The second-order valence-electron chi connectivity index (χ2n) is 7.46. The third kappa shape index (κ3) is 0.709. The Labute approximate surface area is 118 Å². The van der Waals surface area contributed by atoms with Gasteiger partial charge in [-0.05, 0) is 61.2 Å². The Balaban J connectivity index is 1.81. The summed E-state index contributed by atoms with van der Waals surface area (Å²) in [7, 11) is 2.96. The van der Waals surface area contributed by atoms with Gasteiger partial charge in [0.1, 0.15) is 0 Å². The van der Waals surface area contributed by atoms with E-state index in [1.165, 1.54) is 14.2 Å². The molecule has 0 aliphatic heterocycles. The summed E-state index contributed by atoms with van der Waals surface area (Å²) in [5.41, 5.74) is -1.06. The van der Waals surface area contributed by atoms with Gasteiger partial charge in [-0.2, -0.15) is 0 Å². The fourth-order valence-corrected chi connectivity index (χ4v) is 8.30. The molecule has 6 rings (SSSR count). The number of hydrogen-bond donors (Lipinski definition) is 0. The predicted octanol–water partition coefficient (Wildman–Crippen LogP) is 1.63. The Morgan fingerprint density at radius 3 is 1.30 bits per heavy atom. The van der Waals surface area contributed by atoms with Crippen LogP contribution in [0.5, 0.6) is 0 Å². The van der Waals surface area contributed by atoms with Crippen molar-refractivity contribution in [3.05, 3.63) is 0 Å². The van der Waals surface area contributed by atoms with E-state index >= 15 is 0 Å². The fourth-order valence-electron chi connectivity index (χ4n) is 8.30. The lowest BCUT2D eigenvalue weighted by Crippen LogP contribution is -2.60. The summed E-state index contributed by atoms with van der Waals surface area (Å²) in [5.74, 6) is 2.47. The van der Waals surface area contributed by atoms with Crippen molar-refractivity contribution in [2.24, 2.45) is 46.3 Å². The van der Waals surface area contributed by atoms with Crippen LogP contribution in [0.2, 0.25) is 0 Å². The van der Waals surface area contributed by atoms with Gasteiger partial charge in [-0.1, -0.05) is 0 Å². The molecular formula is C16H20O4. The molecule has 0 radical (unpaired) electrons. The molecule has 108 valence electrons. The highest BCUT2D eigenvalue weighted by molar-refractivity contribution is 5.94. The SMILES string of the molecule is COC(=O)C12[C@@H]3CC[C@H]4C3C3[C@@H]1CC[C@@H]3C42C(=O)OC. The van der Waals surface area contributed by atoms with Crippen LogP contribution in [-0.4, -0.2) is 26.2 Å². The molecular weight excluding hydrogens is 256 g/mol. The minimum absolute atomic E-state index is 0.116. The molecule has 6 aliphatic rings. The van der Waals surface area contributed by atoms with Gasteiger partial charge in [0, 0.05) is 0 Å². The van der Waals surface area contributed by atoms with Crippen LogP contribution >= 0.6 is 0 Å². The first kappa shape index (κ1) is 11.6. The van der Waals surface area contributed by atoms with Crippen molar-refractivity contribution in [2.75, 3.05) is 14.2 Å². The number of methoxy groups -OCH3 is 2. The van der Waals surface area contributed by atoms with Crippen LogP contribution in [0.4, 0.5) is 0 Å². The van der Waals surface area contributed by atoms with Gasteiger partial charge in [-0.25, -0.2) is 0 Å². The summed E-state index contributed by atoms with van der Waals surface area (Å²) in [6, 6.07) is 0. The third-order valence-electron chi connectivity index (χ3n) is 7.95. The van der Waals surface area contributed by atoms with Crippen LogP contribution in [0.25, 0.3) is 0 Å². The van der Waals surface area contributed by atoms with Gasteiger partial charge >= 0.3 is 11.9 Å². The normalized spacial score (nSPS) is 59.5. The van der Waals surface area contributed by atoms with E-state index in [-0.39, 0.29) is 11.9 Å². The number of esters is 2. The monoisotopic (exact) mass is 276 g/mol. The molecule has 0 heterocycles. The van der Waals surface area contributed by atoms with Crippen molar-refractivity contribution in [3.8, 4) is 0 Å². The third-order valence-corrected chi connectivity index (χ3v) is 7.95. The highest BCUT2D eigenvalue weighted by Gasteiger charge is 2.95. The second-order valence-corrected chi connectivity index (χ2v) is 7.46. The van der Waals surface area contributed by atoms with E-state index in [0.29, 0.717) is 35.5 Å². The summed E-state index contributed by atoms with van der Waals surface area (Å²) in [6.07, 6.45) is 4.40. The minimum atomic E-state index is -0.532. The van der Waals surface area contributed by atoms with E-state index < -0.39 is 10.8 Å². The number of rotatable bonds is 2. The Hall–Kier alpha value is -1.06. The molecule has 20 heavy (non-hydrogen) atoms. The van der Waals surface area contributed by atoms with Gasteiger partial charge in [-0.15, -0.1) is 0 Å². The van der Waals surface area contributed by atoms with Crippen LogP contribution in [0, 0.1) is 46.3 Å². The topological polar surface area (TPSA) is 52.6 Å². The molecule has 0 N–H and O–H groups in total. The molecule has 0 aromatic heterocycles. The van der Waals surface area contributed by atoms with Crippen molar-refractivity contribution in [1.82, 2.24) is 0 Å². The highest BCUT2D eigenvalue weighted by Crippen LogP contribution is 2.92. The summed E-state index contributed by atoms with van der Waals surface area (Å²) in [4.78, 5) is 25.6. The van der Waals surface area contributed by atoms with Crippen molar-refractivity contribution >= 4 is 11.9 Å². The second kappa shape index (κ2) is 3.07. The highest BCUT2D eigenvalue weighted by atomic mass is 16.5. The molecule has 4 heteroatoms. The molecule has 6 saturated carbocycles. The van der Waals surface area contributed by atoms with E-state index in [2.05, 4.69) is 0 Å². The van der Waals surface area contributed by atoms with Crippen LogP contribution in [0.15, 0.2) is 0 Å². The molecule has 0 saturated heterocycles. The Bertz CT molecular complexity index is 467. The van der Waals surface area contributed by atoms with Crippen molar-refractivity contribution in [1.29, 1.82) is 0 Å². The lowest BCUT2D eigenvalue weighted by Gasteiger charge is -2.51. The maximum Gasteiger partial charge on any atom is 0.313 e. The molecule has 4 nitrogen and oxygen atoms in total. The average molecular weight is 276 g/mol. The first-order chi connectivity index (χ1) is 9.67. The maximum absolute atomic E-state index is 12.8. The van der Waals surface area contributed by atoms with Gasteiger partial charge in [0.15, 0.2) is 0 Å². The van der Waals surface area contributed by atoms with E-state index in [1.54, 1.807) is 0 Å². The molecule has 8 atom stereocenters. The first-order valence-electron chi connectivity index (χ1n) is 7.84. The molecule has 0 aromatic rings. The Morgan fingerprint density at radius 2 is 1.05 bits per heavy atom. The zero-order valence-electron chi connectivity index (χ0n) is 11.9. The van der Waals surface area contributed by atoms with Crippen LogP contribution in [0.1, 0.15) is 25.7 Å². The zero-order valence-corrected chi connectivity index (χ0v) is 11.9. The fraction of sp³-hybridized carbons (Fsp3) is 0.875. The summed E-state index contributed by atoms with van der Waals surface area (Å²) in [5, 5.41) is 0. The molecule has 0 spiro atoms. The molecule has 6 aliphatic carbocycles. The number of hydrogen-bond acceptors (Lipinski definition) is 4. The van der Waals surface area contributed by atoms with Crippen molar-refractivity contribution in [2.45, 2.75) is 25.7 Å². The van der Waals surface area contributed by atoms with E-state index in [0.717, 1.165) is 25.7 Å². The summed E-state index contributed by atoms with van der Waals surface area (Å²) < 4.78 is 10.5. The summed E-state index contributed by atoms with van der Waals surface area (Å²) >= 11 is 0. The standard InChI is InChI=1S/C16H20O4/c1-19-13(17)15-7-3-5-9-11(7)12-8(15)4-6-10(12)16(9,15)14(18)20-2/h7-12H,3-6H2,1-2H3/t7-,8-,9-,10+,11?,12?,15?,16?/m0/s1. The van der Waals surface area contributed by atoms with Gasteiger partial charge in [0.25, 0.3) is 0 Å². The largest absolute Gasteiger partial charge is 0.469 e. The number of carbonyl (C=O) groups is 2. The van der Waals surface area contributed by atoms with Gasteiger partial charge in [-0.3, -0.25) is 9.59 Å². The molecule has 8 bridgehead atoms. The predicted molar refractivity (Wildman–Crippen MR) is 68.3 cm³/mol. The minimum Gasteiger partial charge on any atom is -0.469 e. The zero-order chi connectivity index (χ0) is 13.9. The molecule has 0 amide bonds. The maximum atomic E-state index is 12.8. The van der Waals surface area contributed by atoms with Gasteiger partial charge < -0.3 is 9.47 Å². The van der Waals surface area contributed by atoms with Gasteiger partial charge in [0.2, 0.25) is 0 Å². The van der Waals surface area contributed by atoms with E-state index in [1.807, 2.05) is 0 Å². The lowest BCUT2D eigenvalue weighted by molar-refractivity contribution is -0.193.